The molecule has 2 aromatic carbocycles. The van der Waals surface area contributed by atoms with E-state index in [1.165, 1.54) is 6.92 Å². The molecule has 6 nitrogen and oxygen atoms in total. The smallest absolute Gasteiger partial charge is 0.346 e. The lowest BCUT2D eigenvalue weighted by Crippen LogP contribution is -2.43. The van der Waals surface area contributed by atoms with Gasteiger partial charge in [0, 0.05) is 5.92 Å². The van der Waals surface area contributed by atoms with E-state index in [-0.39, 0.29) is 6.61 Å². The van der Waals surface area contributed by atoms with Crippen molar-refractivity contribution in [1.29, 1.82) is 0 Å². The first-order chi connectivity index (χ1) is 13.7. The molecule has 0 saturated heterocycles. The molecule has 2 unspecified atom stereocenters. The largest absolute Gasteiger partial charge is 0.405 e. The number of carbonyl (C=O) groups is 1. The molecular formula is C19H20F3N2O4P. The van der Waals surface area contributed by atoms with Crippen LogP contribution >= 0.6 is 7.60 Å². The topological polar surface area (TPSA) is 90.7 Å². The molecule has 0 heterocycles. The normalized spacial score (nSPS) is 16.6. The van der Waals surface area contributed by atoms with Gasteiger partial charge in [-0.25, -0.2) is 10.5 Å². The maximum Gasteiger partial charge on any atom is 0.405 e. The van der Waals surface area contributed by atoms with E-state index < -0.39 is 37.8 Å². The Morgan fingerprint density at radius 2 is 1.66 bits per heavy atom. The Morgan fingerprint density at radius 1 is 1.14 bits per heavy atom. The minimum absolute atomic E-state index is 0.104. The number of carbonyl (C=O) groups excluding carboxylic acids is 1. The second-order valence-corrected chi connectivity index (χ2v) is 8.60. The van der Waals surface area contributed by atoms with Crippen molar-refractivity contribution in [2.24, 2.45) is 5.90 Å². The number of halogens is 3. The number of nitrogens with one attached hydrogen (secondary N) is 1. The third-order valence-corrected chi connectivity index (χ3v) is 6.85. The van der Waals surface area contributed by atoms with Crippen LogP contribution < -0.4 is 11.2 Å². The molecule has 2 atom stereocenters. The summed E-state index contributed by atoms with van der Waals surface area (Å²) in [5.74, 6) is 3.27. The highest BCUT2D eigenvalue weighted by Crippen LogP contribution is 2.61. The number of amides is 1. The number of benzene rings is 2. The van der Waals surface area contributed by atoms with Crippen molar-refractivity contribution in [2.75, 3.05) is 13.2 Å². The van der Waals surface area contributed by atoms with Gasteiger partial charge in [0.2, 0.25) is 5.91 Å². The van der Waals surface area contributed by atoms with Gasteiger partial charge in [-0.2, -0.15) is 13.2 Å². The highest BCUT2D eigenvalue weighted by Gasteiger charge is 2.51. The van der Waals surface area contributed by atoms with Crippen LogP contribution in [-0.2, 0) is 18.5 Å². The third kappa shape index (κ3) is 4.23. The Bertz CT molecular complexity index is 906. The summed E-state index contributed by atoms with van der Waals surface area (Å²) in [4.78, 5) is 12.9. The second-order valence-electron chi connectivity index (χ2n) is 6.49. The van der Waals surface area contributed by atoms with Gasteiger partial charge in [-0.1, -0.05) is 48.5 Å². The number of nitrogens with two attached hydrogens (primary N) is 1. The zero-order valence-corrected chi connectivity index (χ0v) is 16.4. The molecule has 1 amide bonds. The molecular weight excluding hydrogens is 408 g/mol. The lowest BCUT2D eigenvalue weighted by atomic mass is 9.92. The van der Waals surface area contributed by atoms with E-state index in [2.05, 4.69) is 4.62 Å². The first-order valence-electron chi connectivity index (χ1n) is 8.87. The average Bonchev–Trinajstić information content (AvgIpc) is 3.01. The molecule has 3 rings (SSSR count). The summed E-state index contributed by atoms with van der Waals surface area (Å²) in [5, 5.41) is 1.81. The van der Waals surface area contributed by atoms with Crippen molar-refractivity contribution < 1.29 is 31.7 Å². The molecule has 3 N–H and O–H groups in total. The van der Waals surface area contributed by atoms with Crippen LogP contribution in [0.25, 0.3) is 11.1 Å². The molecule has 0 spiro atoms. The summed E-state index contributed by atoms with van der Waals surface area (Å²) in [6.07, 6.45) is -4.63. The Morgan fingerprint density at radius 3 is 2.10 bits per heavy atom. The highest BCUT2D eigenvalue weighted by atomic mass is 31.2. The first kappa shape index (κ1) is 21.5. The van der Waals surface area contributed by atoms with E-state index in [0.29, 0.717) is 11.1 Å². The molecule has 1 aliphatic rings. The monoisotopic (exact) mass is 428 g/mol. The van der Waals surface area contributed by atoms with Gasteiger partial charge in [-0.05, 0) is 29.2 Å². The van der Waals surface area contributed by atoms with Gasteiger partial charge in [0.25, 0.3) is 0 Å². The van der Waals surface area contributed by atoms with E-state index in [9.17, 15) is 22.5 Å². The van der Waals surface area contributed by atoms with Gasteiger partial charge >= 0.3 is 13.8 Å². The fraction of sp³-hybridized carbons (Fsp3) is 0.316. The van der Waals surface area contributed by atoms with Crippen molar-refractivity contribution in [3.05, 3.63) is 59.7 Å². The summed E-state index contributed by atoms with van der Waals surface area (Å²) >= 11 is 0. The van der Waals surface area contributed by atoms with Gasteiger partial charge in [0.05, 0.1) is 6.61 Å². The van der Waals surface area contributed by atoms with Crippen molar-refractivity contribution in [3.63, 3.8) is 0 Å². The van der Waals surface area contributed by atoms with E-state index >= 15 is 0 Å². The summed E-state index contributed by atoms with van der Waals surface area (Å²) in [5.41, 5.74) is 1.26. The van der Waals surface area contributed by atoms with E-state index in [1.54, 1.807) is 36.4 Å². The number of fused-ring (bicyclic) bond motifs is 3. The first-order valence-corrected chi connectivity index (χ1v) is 10.5. The molecule has 156 valence electrons. The molecule has 10 heteroatoms. The van der Waals surface area contributed by atoms with Crippen LogP contribution in [0.2, 0.25) is 0 Å². The number of hydrogen-bond acceptors (Lipinski definition) is 5. The summed E-state index contributed by atoms with van der Waals surface area (Å²) in [7, 11) is -4.31. The van der Waals surface area contributed by atoms with Crippen LogP contribution in [0.15, 0.2) is 48.5 Å². The number of rotatable bonds is 7. The molecule has 0 aromatic heterocycles. The van der Waals surface area contributed by atoms with Crippen molar-refractivity contribution >= 4 is 13.5 Å². The van der Waals surface area contributed by atoms with E-state index in [0.717, 1.165) is 11.1 Å². The van der Waals surface area contributed by atoms with Crippen LogP contribution in [0.4, 0.5) is 13.2 Å². The lowest BCUT2D eigenvalue weighted by molar-refractivity contribution is -0.138. The Kier molecular flexibility index (Phi) is 6.14. The predicted octanol–water partition coefficient (Wildman–Crippen LogP) is 3.97. The van der Waals surface area contributed by atoms with Crippen LogP contribution in [0.1, 0.15) is 24.0 Å². The molecule has 0 radical (unpaired) electrons. The second kappa shape index (κ2) is 8.28. The molecule has 1 aliphatic carbocycles. The van der Waals surface area contributed by atoms with Gasteiger partial charge < -0.3 is 9.84 Å². The average molecular weight is 428 g/mol. The maximum atomic E-state index is 13.3. The van der Waals surface area contributed by atoms with Crippen molar-refractivity contribution in [1.82, 2.24) is 5.32 Å². The molecule has 2 aromatic rings. The van der Waals surface area contributed by atoms with Crippen LogP contribution in [0.3, 0.4) is 0 Å². The Labute approximate surface area is 165 Å². The van der Waals surface area contributed by atoms with Crippen LogP contribution in [0.5, 0.6) is 0 Å². The van der Waals surface area contributed by atoms with E-state index in [1.807, 2.05) is 17.4 Å². The summed E-state index contributed by atoms with van der Waals surface area (Å²) < 4.78 is 61.2. The summed E-state index contributed by atoms with van der Waals surface area (Å²) in [6.45, 7) is -0.157. The zero-order valence-electron chi connectivity index (χ0n) is 15.5. The molecule has 0 bridgehead atoms. The maximum absolute atomic E-state index is 13.3. The summed E-state index contributed by atoms with van der Waals surface area (Å²) in [6, 6.07) is 14.2. The number of hydrogen-bond donors (Lipinski definition) is 2. The standard InChI is InChI=1S/C19H20F3N2O4P/c1-2-27-29(26,28-23)17(18(25)24-11-19(20,21)22)16-14-9-5-3-7-12(14)13-8-4-6-10-15(13)16/h3-10,16-17H,2,11,23H2,1H3,(H,24,25). The molecule has 29 heavy (non-hydrogen) atoms. The molecule has 0 saturated carbocycles. The number of alkyl halides is 3. The highest BCUT2D eigenvalue weighted by molar-refractivity contribution is 7.55. The SMILES string of the molecule is CCOP(=O)(ON)C(C(=O)NCC(F)(F)F)C1c2ccccc2-c2ccccc21. The van der Waals surface area contributed by atoms with Crippen LogP contribution in [0, 0.1) is 0 Å². The fourth-order valence-electron chi connectivity index (χ4n) is 3.66. The van der Waals surface area contributed by atoms with Gasteiger partial charge in [0.15, 0.2) is 5.66 Å². The molecule has 0 aliphatic heterocycles. The minimum Gasteiger partial charge on any atom is -0.346 e. The van der Waals surface area contributed by atoms with E-state index in [4.69, 9.17) is 10.4 Å². The lowest BCUT2D eigenvalue weighted by Gasteiger charge is -2.29. The quantitative estimate of drug-likeness (QED) is 0.515. The van der Waals surface area contributed by atoms with Gasteiger partial charge in [-0.15, -0.1) is 0 Å². The Hall–Kier alpha value is -2.19. The minimum atomic E-state index is -4.63. The Balaban J connectivity index is 2.14. The molecule has 0 fully saturated rings. The van der Waals surface area contributed by atoms with Crippen LogP contribution in [-0.4, -0.2) is 30.9 Å². The van der Waals surface area contributed by atoms with Crippen molar-refractivity contribution in [2.45, 2.75) is 24.7 Å². The van der Waals surface area contributed by atoms with Gasteiger partial charge in [-0.3, -0.25) is 9.36 Å². The fourth-order valence-corrected chi connectivity index (χ4v) is 5.44. The third-order valence-electron chi connectivity index (χ3n) is 4.73. The zero-order chi connectivity index (χ0) is 21.2. The van der Waals surface area contributed by atoms with Crippen molar-refractivity contribution in [3.8, 4) is 11.1 Å². The predicted molar refractivity (Wildman–Crippen MR) is 101 cm³/mol. The van der Waals surface area contributed by atoms with Gasteiger partial charge in [0.1, 0.15) is 6.54 Å².